The molecule has 28 heavy (non-hydrogen) atoms. The highest BCUT2D eigenvalue weighted by Crippen LogP contribution is 2.41. The van der Waals surface area contributed by atoms with Crippen molar-refractivity contribution in [1.82, 2.24) is 15.0 Å². The van der Waals surface area contributed by atoms with Gasteiger partial charge >= 0.3 is 0 Å². The van der Waals surface area contributed by atoms with E-state index in [4.69, 9.17) is 0 Å². The number of ketones is 1. The molecule has 3 heterocycles. The molecule has 1 amide bonds. The van der Waals surface area contributed by atoms with Gasteiger partial charge in [-0.1, -0.05) is 13.0 Å². The smallest absolute Gasteiger partial charge is 0.294 e. The Balaban J connectivity index is 1.88. The van der Waals surface area contributed by atoms with Gasteiger partial charge in [0, 0.05) is 17.8 Å². The molecule has 1 atom stereocenters. The zero-order valence-corrected chi connectivity index (χ0v) is 15.6. The number of imidazole rings is 1. The second kappa shape index (κ2) is 6.92. The third-order valence-corrected chi connectivity index (χ3v) is 4.86. The number of aromatic nitrogens is 3. The van der Waals surface area contributed by atoms with E-state index in [0.29, 0.717) is 17.8 Å². The molecule has 7 nitrogen and oxygen atoms in total. The summed E-state index contributed by atoms with van der Waals surface area (Å²) in [6.45, 7) is 3.73. The van der Waals surface area contributed by atoms with Crippen molar-refractivity contribution in [3.05, 3.63) is 65.4 Å². The lowest BCUT2D eigenvalue weighted by molar-refractivity contribution is -0.118. The molecule has 1 aromatic carbocycles. The van der Waals surface area contributed by atoms with Crippen molar-refractivity contribution in [1.29, 1.82) is 0 Å². The number of hydrogen-bond acceptors (Lipinski definition) is 5. The minimum Gasteiger partial charge on any atom is -0.503 e. The number of nitrogens with zero attached hydrogens (tertiary/aromatic N) is 3. The van der Waals surface area contributed by atoms with Crippen LogP contribution in [0.2, 0.25) is 0 Å². The molecule has 1 aliphatic heterocycles. The van der Waals surface area contributed by atoms with Crippen LogP contribution in [-0.2, 0) is 9.59 Å². The summed E-state index contributed by atoms with van der Waals surface area (Å²) in [5, 5.41) is 10.6. The van der Waals surface area contributed by atoms with Crippen LogP contribution < -0.4 is 4.90 Å². The third kappa shape index (κ3) is 2.85. The topological polar surface area (TPSA) is 99.2 Å². The molecule has 7 heteroatoms. The maximum Gasteiger partial charge on any atom is 0.294 e. The molecule has 0 radical (unpaired) electrons. The SMILES string of the molecule is CCCC(=O)C1=C(O)C(=O)N(c2ccc3nc[nH]c3c2)C1c1cccc(C)n1. The molecule has 4 rings (SSSR count). The predicted molar refractivity (Wildman–Crippen MR) is 105 cm³/mol. The van der Waals surface area contributed by atoms with Crippen molar-refractivity contribution in [2.75, 3.05) is 4.90 Å². The van der Waals surface area contributed by atoms with Gasteiger partial charge in [0.25, 0.3) is 5.91 Å². The quantitative estimate of drug-likeness (QED) is 0.710. The summed E-state index contributed by atoms with van der Waals surface area (Å²) in [5.41, 5.74) is 3.49. The fraction of sp³-hybridized carbons (Fsp3) is 0.238. The van der Waals surface area contributed by atoms with Crippen LogP contribution in [0.4, 0.5) is 5.69 Å². The number of aliphatic hydroxyl groups excluding tert-OH is 1. The highest BCUT2D eigenvalue weighted by Gasteiger charge is 2.44. The third-order valence-electron chi connectivity index (χ3n) is 4.86. The molecule has 0 bridgehead atoms. The van der Waals surface area contributed by atoms with Crippen LogP contribution in [-0.4, -0.2) is 31.7 Å². The molecule has 2 aromatic heterocycles. The summed E-state index contributed by atoms with van der Waals surface area (Å²) in [5.74, 6) is -1.35. The van der Waals surface area contributed by atoms with Crippen LogP contribution in [0.5, 0.6) is 0 Å². The van der Waals surface area contributed by atoms with Crippen LogP contribution >= 0.6 is 0 Å². The Morgan fingerprint density at radius 2 is 2.11 bits per heavy atom. The number of carbonyl (C=O) groups is 2. The van der Waals surface area contributed by atoms with E-state index in [9.17, 15) is 14.7 Å². The fourth-order valence-electron chi connectivity index (χ4n) is 3.59. The Morgan fingerprint density at radius 3 is 2.86 bits per heavy atom. The molecule has 0 aliphatic carbocycles. The zero-order chi connectivity index (χ0) is 19.8. The van der Waals surface area contributed by atoms with Gasteiger partial charge in [-0.15, -0.1) is 0 Å². The molecule has 0 fully saturated rings. The summed E-state index contributed by atoms with van der Waals surface area (Å²) in [6.07, 6.45) is 2.45. The van der Waals surface area contributed by atoms with Crippen molar-refractivity contribution >= 4 is 28.4 Å². The second-order valence-electron chi connectivity index (χ2n) is 6.82. The van der Waals surface area contributed by atoms with Gasteiger partial charge in [-0.05, 0) is 43.7 Å². The van der Waals surface area contributed by atoms with E-state index in [-0.39, 0.29) is 17.8 Å². The van der Waals surface area contributed by atoms with E-state index in [1.807, 2.05) is 26.0 Å². The van der Waals surface area contributed by atoms with Gasteiger partial charge in [0.2, 0.25) is 0 Å². The molecule has 3 aromatic rings. The minimum atomic E-state index is -0.771. The molecule has 1 aliphatic rings. The van der Waals surface area contributed by atoms with Crippen molar-refractivity contribution in [2.24, 2.45) is 0 Å². The largest absolute Gasteiger partial charge is 0.503 e. The number of Topliss-reactive ketones (excluding diaryl/α,β-unsaturated/α-hetero) is 1. The van der Waals surface area contributed by atoms with Crippen LogP contribution in [0, 0.1) is 6.92 Å². The standard InChI is InChI=1S/C21H20N4O3/c1-3-5-17(26)18-19(15-7-4-6-12(2)24-15)25(21(28)20(18)27)13-8-9-14-16(10-13)23-11-22-14/h4,6-11,19,27H,3,5H2,1-2H3,(H,22,23). The number of hydrogen-bond donors (Lipinski definition) is 2. The molecule has 0 saturated carbocycles. The van der Waals surface area contributed by atoms with Crippen molar-refractivity contribution in [2.45, 2.75) is 32.7 Å². The van der Waals surface area contributed by atoms with Gasteiger partial charge in [-0.25, -0.2) is 4.98 Å². The van der Waals surface area contributed by atoms with Crippen molar-refractivity contribution in [3.63, 3.8) is 0 Å². The van der Waals surface area contributed by atoms with E-state index in [1.54, 1.807) is 30.6 Å². The fourth-order valence-corrected chi connectivity index (χ4v) is 3.59. The van der Waals surface area contributed by atoms with Crippen LogP contribution in [0.15, 0.2) is 54.1 Å². The summed E-state index contributed by atoms with van der Waals surface area (Å²) in [6, 6.07) is 10.00. The Kier molecular flexibility index (Phi) is 4.43. The first-order chi connectivity index (χ1) is 13.5. The normalized spacial score (nSPS) is 17.0. The predicted octanol–water partition coefficient (Wildman–Crippen LogP) is 3.54. The van der Waals surface area contributed by atoms with Gasteiger partial charge < -0.3 is 10.1 Å². The Labute approximate surface area is 161 Å². The summed E-state index contributed by atoms with van der Waals surface area (Å²) < 4.78 is 0. The van der Waals surface area contributed by atoms with Gasteiger partial charge in [-0.2, -0.15) is 0 Å². The van der Waals surface area contributed by atoms with E-state index in [2.05, 4.69) is 15.0 Å². The first-order valence-electron chi connectivity index (χ1n) is 9.18. The number of H-pyrrole nitrogens is 1. The number of pyridine rings is 1. The number of benzene rings is 1. The molecule has 142 valence electrons. The van der Waals surface area contributed by atoms with Crippen LogP contribution in [0.25, 0.3) is 11.0 Å². The maximum absolute atomic E-state index is 13.0. The van der Waals surface area contributed by atoms with E-state index >= 15 is 0 Å². The van der Waals surface area contributed by atoms with Crippen molar-refractivity contribution in [3.8, 4) is 0 Å². The highest BCUT2D eigenvalue weighted by molar-refractivity contribution is 6.16. The first kappa shape index (κ1) is 17.9. The molecule has 0 saturated heterocycles. The molecular weight excluding hydrogens is 356 g/mol. The average Bonchev–Trinajstić information content (AvgIpc) is 3.24. The van der Waals surface area contributed by atoms with Gasteiger partial charge in [0.05, 0.1) is 28.6 Å². The Morgan fingerprint density at radius 1 is 1.29 bits per heavy atom. The summed E-state index contributed by atoms with van der Waals surface area (Å²) >= 11 is 0. The van der Waals surface area contributed by atoms with Gasteiger partial charge in [0.1, 0.15) is 6.04 Å². The molecular formula is C21H20N4O3. The number of aromatic amines is 1. The number of fused-ring (bicyclic) bond motifs is 1. The number of anilines is 1. The molecule has 2 N–H and O–H groups in total. The molecule has 1 unspecified atom stereocenters. The number of nitrogens with one attached hydrogen (secondary N) is 1. The number of carbonyl (C=O) groups excluding carboxylic acids is 2. The van der Waals surface area contributed by atoms with E-state index in [0.717, 1.165) is 16.7 Å². The number of aryl methyl sites for hydroxylation is 1. The lowest BCUT2D eigenvalue weighted by atomic mass is 9.97. The lowest BCUT2D eigenvalue weighted by Crippen LogP contribution is -2.31. The van der Waals surface area contributed by atoms with Crippen molar-refractivity contribution < 1.29 is 14.7 Å². The second-order valence-corrected chi connectivity index (χ2v) is 6.82. The summed E-state index contributed by atoms with van der Waals surface area (Å²) in [7, 11) is 0. The Bertz CT molecular complexity index is 1120. The van der Waals surface area contributed by atoms with Gasteiger partial charge in [0.15, 0.2) is 11.5 Å². The lowest BCUT2D eigenvalue weighted by Gasteiger charge is -2.26. The number of aliphatic hydroxyl groups is 1. The van der Waals surface area contributed by atoms with E-state index in [1.165, 1.54) is 4.90 Å². The Hall–Kier alpha value is -3.48. The van der Waals surface area contributed by atoms with Gasteiger partial charge in [-0.3, -0.25) is 19.5 Å². The first-order valence-corrected chi connectivity index (χ1v) is 9.18. The molecule has 0 spiro atoms. The average molecular weight is 376 g/mol. The van der Waals surface area contributed by atoms with E-state index < -0.39 is 17.7 Å². The number of amides is 1. The maximum atomic E-state index is 13.0. The zero-order valence-electron chi connectivity index (χ0n) is 15.6. The summed E-state index contributed by atoms with van der Waals surface area (Å²) in [4.78, 5) is 38.9. The minimum absolute atomic E-state index is 0.106. The monoisotopic (exact) mass is 376 g/mol. The number of rotatable bonds is 5. The van der Waals surface area contributed by atoms with Crippen LogP contribution in [0.1, 0.15) is 37.2 Å². The van der Waals surface area contributed by atoms with Crippen LogP contribution in [0.3, 0.4) is 0 Å². The highest BCUT2D eigenvalue weighted by atomic mass is 16.3.